The number of nitrogens with zero attached hydrogens (tertiary/aromatic N) is 1. The lowest BCUT2D eigenvalue weighted by Crippen LogP contribution is -1.96. The van der Waals surface area contributed by atoms with Crippen LogP contribution in [-0.4, -0.2) is 6.21 Å². The van der Waals surface area contributed by atoms with Gasteiger partial charge in [0.2, 0.25) is 0 Å². The highest BCUT2D eigenvalue weighted by atomic mass is 14.7. The van der Waals surface area contributed by atoms with Gasteiger partial charge < -0.3 is 0 Å². The molecule has 0 aromatic rings. The lowest BCUT2D eigenvalue weighted by Gasteiger charge is -2.09. The standard InChI is InChI=1S/C11H17N/c1-9(2)11-7-6-10(3)5-4-8-12-11/h4-5,7-10H,6H2,1-3H3/b5-4-,11-7+,12-8+. The number of hydrogen-bond acceptors (Lipinski definition) is 1. The summed E-state index contributed by atoms with van der Waals surface area (Å²) in [6.45, 7) is 6.59. The van der Waals surface area contributed by atoms with Gasteiger partial charge >= 0.3 is 0 Å². The van der Waals surface area contributed by atoms with Crippen molar-refractivity contribution < 1.29 is 0 Å². The average molecular weight is 163 g/mol. The van der Waals surface area contributed by atoms with E-state index in [0.29, 0.717) is 11.8 Å². The Bertz CT molecular complexity index is 221. The normalized spacial score (nSPS) is 33.3. The lowest BCUT2D eigenvalue weighted by atomic mass is 10.0. The molecule has 0 saturated carbocycles. The molecule has 1 rings (SSSR count). The Hall–Kier alpha value is -0.850. The van der Waals surface area contributed by atoms with E-state index in [-0.39, 0.29) is 0 Å². The van der Waals surface area contributed by atoms with Gasteiger partial charge in [-0.05, 0) is 24.3 Å². The van der Waals surface area contributed by atoms with Gasteiger partial charge in [-0.15, -0.1) is 0 Å². The van der Waals surface area contributed by atoms with E-state index in [2.05, 4.69) is 37.9 Å². The predicted molar refractivity (Wildman–Crippen MR) is 54.3 cm³/mol. The third-order valence-electron chi connectivity index (χ3n) is 2.04. The fourth-order valence-electron chi connectivity index (χ4n) is 1.19. The summed E-state index contributed by atoms with van der Waals surface area (Å²) in [5.74, 6) is 1.19. The zero-order chi connectivity index (χ0) is 8.97. The number of hydrogen-bond donors (Lipinski definition) is 0. The molecule has 0 N–H and O–H groups in total. The van der Waals surface area contributed by atoms with Crippen molar-refractivity contribution in [3.05, 3.63) is 23.9 Å². The molecule has 66 valence electrons. The van der Waals surface area contributed by atoms with Crippen LogP contribution in [0.25, 0.3) is 0 Å². The van der Waals surface area contributed by atoms with Gasteiger partial charge in [-0.1, -0.05) is 32.9 Å². The molecule has 12 heavy (non-hydrogen) atoms. The fraction of sp³-hybridized carbons (Fsp3) is 0.545. The second-order valence-corrected chi connectivity index (χ2v) is 3.66. The minimum Gasteiger partial charge on any atom is -0.261 e. The molecule has 0 fully saturated rings. The van der Waals surface area contributed by atoms with Crippen LogP contribution in [0.15, 0.2) is 28.9 Å². The molecule has 0 aromatic carbocycles. The van der Waals surface area contributed by atoms with Gasteiger partial charge in [-0.25, -0.2) is 0 Å². The third-order valence-corrected chi connectivity index (χ3v) is 2.04. The van der Waals surface area contributed by atoms with E-state index >= 15 is 0 Å². The summed E-state index contributed by atoms with van der Waals surface area (Å²) in [5.41, 5.74) is 1.21. The van der Waals surface area contributed by atoms with Crippen molar-refractivity contribution >= 4 is 6.21 Å². The Kier molecular flexibility index (Phi) is 3.27. The molecule has 1 atom stereocenters. The van der Waals surface area contributed by atoms with E-state index < -0.39 is 0 Å². The van der Waals surface area contributed by atoms with E-state index in [4.69, 9.17) is 0 Å². The number of rotatable bonds is 1. The Morgan fingerprint density at radius 3 is 2.92 bits per heavy atom. The second kappa shape index (κ2) is 4.24. The van der Waals surface area contributed by atoms with Gasteiger partial charge in [0.25, 0.3) is 0 Å². The van der Waals surface area contributed by atoms with E-state index in [9.17, 15) is 0 Å². The molecule has 1 heterocycles. The number of aliphatic imine (C=N–C) groups is 1. The van der Waals surface area contributed by atoms with Gasteiger partial charge in [-0.2, -0.15) is 0 Å². The molecule has 1 nitrogen and oxygen atoms in total. The Morgan fingerprint density at radius 2 is 2.25 bits per heavy atom. The SMILES string of the molecule is CC1\C=C/C=N/C(C(C)C)=C/C1. The van der Waals surface area contributed by atoms with Crippen molar-refractivity contribution in [2.45, 2.75) is 27.2 Å². The molecule has 1 heteroatoms. The highest BCUT2D eigenvalue weighted by Gasteiger charge is 2.02. The van der Waals surface area contributed by atoms with E-state index in [0.717, 1.165) is 6.42 Å². The zero-order valence-electron chi connectivity index (χ0n) is 8.12. The van der Waals surface area contributed by atoms with Crippen molar-refractivity contribution in [3.63, 3.8) is 0 Å². The molecule has 1 unspecified atom stereocenters. The van der Waals surface area contributed by atoms with Crippen LogP contribution in [0.2, 0.25) is 0 Å². The van der Waals surface area contributed by atoms with E-state index in [1.54, 1.807) is 0 Å². The quantitative estimate of drug-likeness (QED) is 0.563. The van der Waals surface area contributed by atoms with Crippen molar-refractivity contribution in [1.82, 2.24) is 0 Å². The van der Waals surface area contributed by atoms with E-state index in [1.807, 2.05) is 12.3 Å². The summed E-state index contributed by atoms with van der Waals surface area (Å²) >= 11 is 0. The maximum atomic E-state index is 4.37. The monoisotopic (exact) mass is 163 g/mol. The lowest BCUT2D eigenvalue weighted by molar-refractivity contribution is 0.704. The van der Waals surface area contributed by atoms with Crippen LogP contribution >= 0.6 is 0 Å². The van der Waals surface area contributed by atoms with Gasteiger partial charge in [0, 0.05) is 11.9 Å². The highest BCUT2D eigenvalue weighted by Crippen LogP contribution is 2.16. The molecule has 0 spiro atoms. The highest BCUT2D eigenvalue weighted by molar-refractivity contribution is 5.72. The third kappa shape index (κ3) is 2.65. The maximum Gasteiger partial charge on any atom is 0.0389 e. The second-order valence-electron chi connectivity index (χ2n) is 3.66. The molecule has 1 aliphatic heterocycles. The molecule has 0 saturated heterocycles. The van der Waals surface area contributed by atoms with Crippen LogP contribution in [0.5, 0.6) is 0 Å². The van der Waals surface area contributed by atoms with Crippen molar-refractivity contribution in [2.75, 3.05) is 0 Å². The molecule has 0 aromatic heterocycles. The summed E-state index contributed by atoms with van der Waals surface area (Å²) in [6, 6.07) is 0. The molecule has 0 radical (unpaired) electrons. The molecule has 0 bridgehead atoms. The van der Waals surface area contributed by atoms with Crippen LogP contribution in [0.4, 0.5) is 0 Å². The maximum absolute atomic E-state index is 4.37. The largest absolute Gasteiger partial charge is 0.261 e. The minimum atomic E-state index is 0.542. The molecule has 0 aliphatic carbocycles. The van der Waals surface area contributed by atoms with Crippen LogP contribution in [0.3, 0.4) is 0 Å². The molecular formula is C11H17N. The van der Waals surface area contributed by atoms with Crippen molar-refractivity contribution in [3.8, 4) is 0 Å². The minimum absolute atomic E-state index is 0.542. The topological polar surface area (TPSA) is 12.4 Å². The summed E-state index contributed by atoms with van der Waals surface area (Å²) in [4.78, 5) is 4.37. The zero-order valence-corrected chi connectivity index (χ0v) is 8.12. The summed E-state index contributed by atoms with van der Waals surface area (Å²) in [6.07, 6.45) is 9.48. The average Bonchev–Trinajstić information content (AvgIpc) is 1.97. The Balaban J connectivity index is 2.75. The molecule has 0 amide bonds. The van der Waals surface area contributed by atoms with Crippen LogP contribution < -0.4 is 0 Å². The fourth-order valence-corrected chi connectivity index (χ4v) is 1.19. The first-order valence-electron chi connectivity index (χ1n) is 4.61. The molecule has 1 aliphatic rings. The van der Waals surface area contributed by atoms with Crippen LogP contribution in [0.1, 0.15) is 27.2 Å². The molecular weight excluding hydrogens is 146 g/mol. The first-order valence-corrected chi connectivity index (χ1v) is 4.61. The number of allylic oxidation sites excluding steroid dienone is 4. The first kappa shape index (κ1) is 9.24. The summed E-state index contributed by atoms with van der Waals surface area (Å²) in [5, 5.41) is 0. The smallest absolute Gasteiger partial charge is 0.0389 e. The van der Waals surface area contributed by atoms with Gasteiger partial charge in [-0.3, -0.25) is 4.99 Å². The van der Waals surface area contributed by atoms with Gasteiger partial charge in [0.05, 0.1) is 0 Å². The van der Waals surface area contributed by atoms with Gasteiger partial charge in [0.1, 0.15) is 0 Å². The van der Waals surface area contributed by atoms with Gasteiger partial charge in [0.15, 0.2) is 0 Å². The van der Waals surface area contributed by atoms with Crippen molar-refractivity contribution in [2.24, 2.45) is 16.8 Å². The first-order chi connectivity index (χ1) is 5.70. The summed E-state index contributed by atoms with van der Waals surface area (Å²) in [7, 11) is 0. The summed E-state index contributed by atoms with van der Waals surface area (Å²) < 4.78 is 0. The Morgan fingerprint density at radius 1 is 1.50 bits per heavy atom. The van der Waals surface area contributed by atoms with Crippen molar-refractivity contribution in [1.29, 1.82) is 0 Å². The van der Waals surface area contributed by atoms with E-state index in [1.165, 1.54) is 5.70 Å². The predicted octanol–water partition coefficient (Wildman–Crippen LogP) is 3.19. The Labute approximate surface area is 74.9 Å². The van der Waals surface area contributed by atoms with Crippen LogP contribution in [0, 0.1) is 11.8 Å². The van der Waals surface area contributed by atoms with Crippen LogP contribution in [-0.2, 0) is 0 Å².